The fraction of sp³-hybridized carbons (Fsp3) is 0.381. The molecule has 0 radical (unpaired) electrons. The molecule has 0 amide bonds. The van der Waals surface area contributed by atoms with Crippen molar-refractivity contribution in [2.45, 2.75) is 44.8 Å². The highest BCUT2D eigenvalue weighted by atomic mass is 35.5. The van der Waals surface area contributed by atoms with Gasteiger partial charge in [0, 0.05) is 17.5 Å². The van der Waals surface area contributed by atoms with E-state index in [1.165, 1.54) is 25.3 Å². The van der Waals surface area contributed by atoms with Crippen molar-refractivity contribution in [1.82, 2.24) is 9.97 Å². The second-order valence-corrected chi connectivity index (χ2v) is 7.24. The molecular weight excluding hydrogens is 399 g/mol. The number of hydrogen-bond donors (Lipinski definition) is 2. The van der Waals surface area contributed by atoms with Gasteiger partial charge in [0.05, 0.1) is 37.1 Å². The summed E-state index contributed by atoms with van der Waals surface area (Å²) < 4.78 is 17.8. The van der Waals surface area contributed by atoms with Crippen LogP contribution in [0.25, 0.3) is 17.3 Å². The van der Waals surface area contributed by atoms with Crippen LogP contribution in [0.1, 0.15) is 43.9 Å². The van der Waals surface area contributed by atoms with Crippen molar-refractivity contribution in [2.24, 2.45) is 0 Å². The van der Waals surface area contributed by atoms with Gasteiger partial charge in [-0.3, -0.25) is 4.79 Å². The molecule has 2 unspecified atom stereocenters. The Morgan fingerprint density at radius 1 is 1.24 bits per heavy atom. The first-order valence-corrected chi connectivity index (χ1v) is 9.53. The zero-order valence-corrected chi connectivity index (χ0v) is 17.2. The van der Waals surface area contributed by atoms with Crippen molar-refractivity contribution in [3.63, 3.8) is 0 Å². The number of esters is 1. The minimum Gasteiger partial charge on any atom is -0.469 e. The van der Waals surface area contributed by atoms with E-state index in [4.69, 9.17) is 11.6 Å². The molecule has 0 aliphatic heterocycles. The average Bonchev–Trinajstić information content (AvgIpc) is 2.66. The summed E-state index contributed by atoms with van der Waals surface area (Å²) in [6.07, 6.45) is 0.856. The maximum Gasteiger partial charge on any atom is 0.308 e. The summed E-state index contributed by atoms with van der Waals surface area (Å²) in [5.41, 5.74) is 2.46. The number of hydrogen-bond acceptors (Lipinski definition) is 6. The van der Waals surface area contributed by atoms with E-state index in [1.807, 2.05) is 13.8 Å². The fourth-order valence-corrected chi connectivity index (χ4v) is 2.99. The van der Waals surface area contributed by atoms with Gasteiger partial charge in [-0.15, -0.1) is 0 Å². The molecule has 29 heavy (non-hydrogen) atoms. The first-order chi connectivity index (χ1) is 13.7. The van der Waals surface area contributed by atoms with Gasteiger partial charge in [0.15, 0.2) is 0 Å². The number of rotatable bonds is 8. The topological polar surface area (TPSA) is 92.5 Å². The van der Waals surface area contributed by atoms with Gasteiger partial charge in [-0.1, -0.05) is 26.0 Å². The molecule has 0 saturated carbocycles. The van der Waals surface area contributed by atoms with E-state index < -0.39 is 18.2 Å². The molecule has 6 nitrogen and oxygen atoms in total. The zero-order chi connectivity index (χ0) is 21.6. The molecule has 2 rings (SSSR count). The summed E-state index contributed by atoms with van der Waals surface area (Å²) >= 11 is 6.09. The van der Waals surface area contributed by atoms with Crippen molar-refractivity contribution in [1.29, 1.82) is 0 Å². The first-order valence-electron chi connectivity index (χ1n) is 9.15. The molecule has 1 aromatic heterocycles. The highest BCUT2D eigenvalue weighted by Gasteiger charge is 2.18. The summed E-state index contributed by atoms with van der Waals surface area (Å²) in [5.74, 6) is -0.915. The van der Waals surface area contributed by atoms with Crippen molar-refractivity contribution < 1.29 is 24.1 Å². The van der Waals surface area contributed by atoms with Crippen LogP contribution < -0.4 is 0 Å². The highest BCUT2D eigenvalue weighted by molar-refractivity contribution is 6.28. The van der Waals surface area contributed by atoms with Gasteiger partial charge in [-0.25, -0.2) is 14.4 Å². The molecule has 0 saturated heterocycles. The number of ether oxygens (including phenoxy) is 1. The molecule has 1 aromatic carbocycles. The van der Waals surface area contributed by atoms with E-state index in [2.05, 4.69) is 14.7 Å². The van der Waals surface area contributed by atoms with Gasteiger partial charge in [-0.2, -0.15) is 0 Å². The van der Waals surface area contributed by atoms with Crippen LogP contribution in [0.15, 0.2) is 30.3 Å². The first kappa shape index (κ1) is 22.9. The van der Waals surface area contributed by atoms with Crippen LogP contribution in [-0.4, -0.2) is 45.5 Å². The molecule has 0 fully saturated rings. The van der Waals surface area contributed by atoms with Crippen LogP contribution in [0, 0.1) is 5.82 Å². The smallest absolute Gasteiger partial charge is 0.308 e. The normalized spacial score (nSPS) is 13.7. The monoisotopic (exact) mass is 422 g/mol. The predicted octanol–water partition coefficient (Wildman–Crippen LogP) is 3.75. The number of nitrogens with zero attached hydrogens (tertiary/aromatic N) is 2. The van der Waals surface area contributed by atoms with E-state index in [1.54, 1.807) is 18.2 Å². The van der Waals surface area contributed by atoms with Gasteiger partial charge in [0.2, 0.25) is 5.28 Å². The number of halogens is 2. The number of methoxy groups -OCH3 is 1. The van der Waals surface area contributed by atoms with E-state index in [-0.39, 0.29) is 29.9 Å². The van der Waals surface area contributed by atoms with Crippen LogP contribution >= 0.6 is 11.6 Å². The van der Waals surface area contributed by atoms with Gasteiger partial charge >= 0.3 is 5.97 Å². The Hall–Kier alpha value is -2.35. The number of aromatic nitrogens is 2. The maximum atomic E-state index is 13.3. The Morgan fingerprint density at radius 3 is 2.48 bits per heavy atom. The minimum atomic E-state index is -1.04. The summed E-state index contributed by atoms with van der Waals surface area (Å²) in [6, 6.07) is 5.83. The standard InChI is InChI=1S/C21H24ClFN2O4/c1-12(2)19-17(9-8-15(26)10-16(27)11-18(28)29-3)20(25-21(22)24-19)13-4-6-14(23)7-5-13/h4-9,12,15-16,26-27H,10-11H2,1-3H3. The lowest BCUT2D eigenvalue weighted by Crippen LogP contribution is -2.20. The zero-order valence-electron chi connectivity index (χ0n) is 16.5. The molecule has 1 heterocycles. The Kier molecular flexibility index (Phi) is 8.25. The second kappa shape index (κ2) is 10.4. The molecule has 2 aromatic rings. The molecule has 0 aliphatic carbocycles. The minimum absolute atomic E-state index is 0.0106. The lowest BCUT2D eigenvalue weighted by atomic mass is 9.97. The number of benzene rings is 1. The highest BCUT2D eigenvalue weighted by Crippen LogP contribution is 2.30. The quantitative estimate of drug-likeness (QED) is 0.497. The van der Waals surface area contributed by atoms with Crippen molar-refractivity contribution in [2.75, 3.05) is 7.11 Å². The Labute approximate surface area is 174 Å². The van der Waals surface area contributed by atoms with Crippen molar-refractivity contribution in [3.05, 3.63) is 52.7 Å². The average molecular weight is 423 g/mol. The van der Waals surface area contributed by atoms with E-state index in [0.717, 1.165) is 0 Å². The van der Waals surface area contributed by atoms with E-state index in [0.29, 0.717) is 22.5 Å². The lowest BCUT2D eigenvalue weighted by molar-refractivity contribution is -0.143. The van der Waals surface area contributed by atoms with E-state index >= 15 is 0 Å². The van der Waals surface area contributed by atoms with Crippen LogP contribution in [0.5, 0.6) is 0 Å². The molecule has 0 aliphatic rings. The van der Waals surface area contributed by atoms with Crippen molar-refractivity contribution in [3.8, 4) is 11.3 Å². The fourth-order valence-electron chi connectivity index (χ4n) is 2.81. The Morgan fingerprint density at radius 2 is 1.90 bits per heavy atom. The van der Waals surface area contributed by atoms with Gasteiger partial charge in [-0.05, 0) is 41.8 Å². The van der Waals surface area contributed by atoms with Crippen LogP contribution in [0.3, 0.4) is 0 Å². The molecule has 2 atom stereocenters. The molecular formula is C21H24ClFN2O4. The number of carbonyl (C=O) groups is 1. The third-order valence-corrected chi connectivity index (χ3v) is 4.41. The van der Waals surface area contributed by atoms with Gasteiger partial charge < -0.3 is 14.9 Å². The third-order valence-electron chi connectivity index (χ3n) is 4.24. The molecule has 156 valence electrons. The number of aliphatic hydroxyl groups excluding tert-OH is 2. The van der Waals surface area contributed by atoms with Gasteiger partial charge in [0.25, 0.3) is 0 Å². The predicted molar refractivity (Wildman–Crippen MR) is 109 cm³/mol. The van der Waals surface area contributed by atoms with Crippen LogP contribution in [0.4, 0.5) is 4.39 Å². The van der Waals surface area contributed by atoms with Crippen molar-refractivity contribution >= 4 is 23.6 Å². The lowest BCUT2D eigenvalue weighted by Gasteiger charge is -2.15. The number of carbonyl (C=O) groups excluding carboxylic acids is 1. The van der Waals surface area contributed by atoms with Crippen LogP contribution in [-0.2, 0) is 9.53 Å². The Balaban J connectivity index is 2.35. The largest absolute Gasteiger partial charge is 0.469 e. The summed E-state index contributed by atoms with van der Waals surface area (Å²) in [7, 11) is 1.23. The Bertz CT molecular complexity index is 872. The third kappa shape index (κ3) is 6.59. The van der Waals surface area contributed by atoms with Gasteiger partial charge in [0.1, 0.15) is 5.82 Å². The molecule has 0 spiro atoms. The maximum absolute atomic E-state index is 13.3. The molecule has 2 N–H and O–H groups in total. The number of aliphatic hydroxyl groups is 2. The summed E-state index contributed by atoms with van der Waals surface area (Å²) in [4.78, 5) is 19.8. The molecule has 8 heteroatoms. The SMILES string of the molecule is COC(=O)CC(O)CC(O)C=Cc1c(-c2ccc(F)cc2)nc(Cl)nc1C(C)C. The second-order valence-electron chi connectivity index (χ2n) is 6.90. The van der Waals surface area contributed by atoms with Crippen LogP contribution in [0.2, 0.25) is 5.28 Å². The summed E-state index contributed by atoms with van der Waals surface area (Å²) in [5, 5.41) is 20.2. The van der Waals surface area contributed by atoms with E-state index in [9.17, 15) is 19.4 Å². The molecule has 0 bridgehead atoms. The summed E-state index contributed by atoms with van der Waals surface area (Å²) in [6.45, 7) is 3.89.